The minimum atomic E-state index is -0.305. The summed E-state index contributed by atoms with van der Waals surface area (Å²) in [5, 5.41) is 0. The van der Waals surface area contributed by atoms with Gasteiger partial charge in [-0.1, -0.05) is 24.3 Å². The van der Waals surface area contributed by atoms with Gasteiger partial charge in [0.1, 0.15) is 18.2 Å². The number of ether oxygens (including phenoxy) is 1. The minimum Gasteiger partial charge on any atom is -0.488 e. The van der Waals surface area contributed by atoms with Gasteiger partial charge in [0, 0.05) is 5.56 Å². The van der Waals surface area contributed by atoms with Crippen molar-refractivity contribution < 1.29 is 13.9 Å². The van der Waals surface area contributed by atoms with E-state index in [0.29, 0.717) is 16.9 Å². The summed E-state index contributed by atoms with van der Waals surface area (Å²) in [4.78, 5) is 11.0. The highest BCUT2D eigenvalue weighted by atomic mass is 19.1. The van der Waals surface area contributed by atoms with Crippen molar-refractivity contribution in [3.05, 3.63) is 64.5 Å². The van der Waals surface area contributed by atoms with Gasteiger partial charge < -0.3 is 4.74 Å². The van der Waals surface area contributed by atoms with Crippen LogP contribution in [-0.2, 0) is 6.61 Å². The van der Waals surface area contributed by atoms with Crippen LogP contribution < -0.4 is 4.74 Å². The maximum atomic E-state index is 13.5. The molecule has 0 aromatic heterocycles. The Bertz CT molecular complexity index is 606. The molecule has 2 aromatic rings. The average Bonchev–Trinajstić information content (AvgIpc) is 2.42. The van der Waals surface area contributed by atoms with Crippen molar-refractivity contribution in [2.24, 2.45) is 0 Å². The topological polar surface area (TPSA) is 26.3 Å². The Kier molecular flexibility index (Phi) is 3.95. The number of aryl methyl sites for hydroxylation is 1. The van der Waals surface area contributed by atoms with Crippen molar-refractivity contribution in [2.45, 2.75) is 20.5 Å². The average molecular weight is 258 g/mol. The van der Waals surface area contributed by atoms with Gasteiger partial charge in [0.25, 0.3) is 0 Å². The van der Waals surface area contributed by atoms with Crippen molar-refractivity contribution in [1.82, 2.24) is 0 Å². The van der Waals surface area contributed by atoms with Crippen molar-refractivity contribution in [1.29, 1.82) is 0 Å². The molecule has 0 unspecified atom stereocenters. The molecule has 0 saturated heterocycles. The lowest BCUT2D eigenvalue weighted by molar-refractivity contribution is 0.111. The van der Waals surface area contributed by atoms with E-state index in [9.17, 15) is 9.18 Å². The molecule has 0 saturated carbocycles. The van der Waals surface area contributed by atoms with Crippen LogP contribution in [0.4, 0.5) is 4.39 Å². The number of hydrogen-bond acceptors (Lipinski definition) is 2. The maximum Gasteiger partial charge on any atom is 0.153 e. The molecule has 19 heavy (non-hydrogen) atoms. The molecule has 98 valence electrons. The van der Waals surface area contributed by atoms with Crippen LogP contribution in [0.3, 0.4) is 0 Å². The van der Waals surface area contributed by atoms with Crippen LogP contribution in [0.15, 0.2) is 36.4 Å². The van der Waals surface area contributed by atoms with E-state index in [1.165, 1.54) is 6.07 Å². The molecule has 2 nitrogen and oxygen atoms in total. The van der Waals surface area contributed by atoms with Crippen LogP contribution in [0.1, 0.15) is 27.0 Å². The summed E-state index contributed by atoms with van der Waals surface area (Å²) in [7, 11) is 0. The Labute approximate surface area is 111 Å². The quantitative estimate of drug-likeness (QED) is 0.779. The van der Waals surface area contributed by atoms with Gasteiger partial charge in [-0.3, -0.25) is 4.79 Å². The van der Waals surface area contributed by atoms with E-state index in [1.54, 1.807) is 24.3 Å². The zero-order valence-corrected chi connectivity index (χ0v) is 10.9. The number of benzene rings is 2. The number of rotatable bonds is 4. The second kappa shape index (κ2) is 5.65. The summed E-state index contributed by atoms with van der Waals surface area (Å²) < 4.78 is 19.1. The third-order valence-corrected chi connectivity index (χ3v) is 3.16. The zero-order chi connectivity index (χ0) is 13.8. The van der Waals surface area contributed by atoms with Crippen LogP contribution in [0, 0.1) is 19.7 Å². The van der Waals surface area contributed by atoms with E-state index in [4.69, 9.17) is 4.74 Å². The van der Waals surface area contributed by atoms with Crippen LogP contribution in [0.2, 0.25) is 0 Å². The van der Waals surface area contributed by atoms with Gasteiger partial charge in [0.2, 0.25) is 0 Å². The van der Waals surface area contributed by atoms with Crippen LogP contribution >= 0.6 is 0 Å². The third kappa shape index (κ3) is 2.81. The summed E-state index contributed by atoms with van der Waals surface area (Å²) in [5.74, 6) is 0.221. The van der Waals surface area contributed by atoms with E-state index in [0.717, 1.165) is 17.4 Å². The Morgan fingerprint density at radius 3 is 2.58 bits per heavy atom. The van der Waals surface area contributed by atoms with Crippen molar-refractivity contribution in [3.63, 3.8) is 0 Å². The Morgan fingerprint density at radius 2 is 1.89 bits per heavy atom. The van der Waals surface area contributed by atoms with Gasteiger partial charge in [0.15, 0.2) is 6.29 Å². The number of carbonyl (C=O) groups is 1. The molecule has 0 radical (unpaired) electrons. The minimum absolute atomic E-state index is 0.109. The number of hydrogen-bond donors (Lipinski definition) is 0. The molecule has 0 spiro atoms. The molecule has 0 heterocycles. The highest BCUT2D eigenvalue weighted by molar-refractivity contribution is 5.80. The molecule has 0 aliphatic carbocycles. The molecule has 0 fully saturated rings. The van der Waals surface area contributed by atoms with Gasteiger partial charge in [-0.05, 0) is 37.1 Å². The fourth-order valence-electron chi connectivity index (χ4n) is 1.86. The molecule has 0 bridgehead atoms. The lowest BCUT2D eigenvalue weighted by atomic mass is 10.1. The molecule has 0 aliphatic heterocycles. The molecule has 2 rings (SSSR count). The lowest BCUT2D eigenvalue weighted by Crippen LogP contribution is -2.03. The first-order chi connectivity index (χ1) is 9.13. The van der Waals surface area contributed by atoms with Crippen LogP contribution in [0.25, 0.3) is 0 Å². The molecular formula is C16H15FO2. The number of aldehydes is 1. The fraction of sp³-hybridized carbons (Fsp3) is 0.188. The molecule has 0 amide bonds. The second-order valence-electron chi connectivity index (χ2n) is 4.42. The van der Waals surface area contributed by atoms with Crippen molar-refractivity contribution in [3.8, 4) is 5.75 Å². The molecule has 0 aliphatic rings. The normalized spacial score (nSPS) is 10.3. The van der Waals surface area contributed by atoms with Crippen LogP contribution in [-0.4, -0.2) is 6.29 Å². The molecule has 3 heteroatoms. The van der Waals surface area contributed by atoms with E-state index >= 15 is 0 Å². The largest absolute Gasteiger partial charge is 0.488 e. The summed E-state index contributed by atoms with van der Waals surface area (Å²) in [5.41, 5.74) is 2.90. The van der Waals surface area contributed by atoms with E-state index < -0.39 is 0 Å². The van der Waals surface area contributed by atoms with Gasteiger partial charge >= 0.3 is 0 Å². The van der Waals surface area contributed by atoms with Gasteiger partial charge in [-0.15, -0.1) is 0 Å². The highest BCUT2D eigenvalue weighted by Gasteiger charge is 2.10. The standard InChI is InChI=1S/C16H15FO2/c1-11-7-8-13(9-18)16(12(11)2)19-10-14-5-3-4-6-15(14)17/h3-9H,10H2,1-2H3. The third-order valence-electron chi connectivity index (χ3n) is 3.16. The van der Waals surface area contributed by atoms with E-state index in [2.05, 4.69) is 0 Å². The first kappa shape index (κ1) is 13.3. The fourth-order valence-corrected chi connectivity index (χ4v) is 1.86. The predicted molar refractivity (Wildman–Crippen MR) is 72.0 cm³/mol. The Balaban J connectivity index is 2.27. The van der Waals surface area contributed by atoms with Crippen molar-refractivity contribution in [2.75, 3.05) is 0 Å². The summed E-state index contributed by atoms with van der Waals surface area (Å²) in [6, 6.07) is 10.0. The first-order valence-corrected chi connectivity index (χ1v) is 6.05. The monoisotopic (exact) mass is 258 g/mol. The maximum absolute atomic E-state index is 13.5. The molecular weight excluding hydrogens is 243 g/mol. The van der Waals surface area contributed by atoms with Gasteiger partial charge in [-0.2, -0.15) is 0 Å². The number of halogens is 1. The summed E-state index contributed by atoms with van der Waals surface area (Å²) >= 11 is 0. The van der Waals surface area contributed by atoms with Crippen molar-refractivity contribution >= 4 is 6.29 Å². The molecule has 2 aromatic carbocycles. The zero-order valence-electron chi connectivity index (χ0n) is 10.9. The van der Waals surface area contributed by atoms with Gasteiger partial charge in [-0.25, -0.2) is 4.39 Å². The SMILES string of the molecule is Cc1ccc(C=O)c(OCc2ccccc2F)c1C. The second-order valence-corrected chi connectivity index (χ2v) is 4.42. The van der Waals surface area contributed by atoms with Crippen LogP contribution in [0.5, 0.6) is 5.75 Å². The van der Waals surface area contributed by atoms with Gasteiger partial charge in [0.05, 0.1) is 5.56 Å². The van der Waals surface area contributed by atoms with E-state index in [1.807, 2.05) is 19.9 Å². The number of carbonyl (C=O) groups excluding carboxylic acids is 1. The smallest absolute Gasteiger partial charge is 0.153 e. The highest BCUT2D eigenvalue weighted by Crippen LogP contribution is 2.26. The summed E-state index contributed by atoms with van der Waals surface area (Å²) in [6.07, 6.45) is 0.753. The predicted octanol–water partition coefficient (Wildman–Crippen LogP) is 3.83. The Hall–Kier alpha value is -2.16. The Morgan fingerprint density at radius 1 is 1.16 bits per heavy atom. The van der Waals surface area contributed by atoms with E-state index in [-0.39, 0.29) is 12.4 Å². The lowest BCUT2D eigenvalue weighted by Gasteiger charge is -2.13. The summed E-state index contributed by atoms with van der Waals surface area (Å²) in [6.45, 7) is 3.94. The molecule has 0 N–H and O–H groups in total. The first-order valence-electron chi connectivity index (χ1n) is 6.05. The molecule has 0 atom stereocenters.